The Morgan fingerprint density at radius 1 is 1.00 bits per heavy atom. The number of halogens is 3. The maximum atomic E-state index is 11.9. The molecule has 0 amide bonds. The molecule has 0 saturated heterocycles. The molecule has 0 spiro atoms. The minimum absolute atomic E-state index is 0.128. The quantitative estimate of drug-likeness (QED) is 0.304. The van der Waals surface area contributed by atoms with Crippen LogP contribution in [0.4, 0.5) is 13.2 Å². The van der Waals surface area contributed by atoms with Crippen molar-refractivity contribution in [2.24, 2.45) is 0 Å². The number of carbonyl (C=O) groups excluding carboxylic acids is 2. The first-order chi connectivity index (χ1) is 13.3. The number of ether oxygens (including phenoxy) is 2. The number of benzene rings is 1. The van der Waals surface area contributed by atoms with E-state index in [0.717, 1.165) is 17.7 Å². The number of hydrogen-bond acceptors (Lipinski definition) is 5. The highest BCUT2D eigenvalue weighted by atomic mass is 19.4. The van der Waals surface area contributed by atoms with Gasteiger partial charge in [-0.15, -0.1) is 0 Å². The van der Waals surface area contributed by atoms with Crippen LogP contribution in [0.1, 0.15) is 51.0 Å². The van der Waals surface area contributed by atoms with Gasteiger partial charge in [-0.2, -0.15) is 13.2 Å². The molecule has 0 saturated carbocycles. The molecule has 0 bridgehead atoms. The lowest BCUT2D eigenvalue weighted by Crippen LogP contribution is -2.29. The van der Waals surface area contributed by atoms with Crippen LogP contribution in [0, 0.1) is 0 Å². The normalized spacial score (nSPS) is 11.3. The topological polar surface area (TPSA) is 64.6 Å². The van der Waals surface area contributed by atoms with Crippen molar-refractivity contribution >= 4 is 11.9 Å². The highest BCUT2D eigenvalue weighted by Gasteiger charge is 2.42. The number of hydrogen-bond donors (Lipinski definition) is 1. The average molecular weight is 403 g/mol. The molecule has 1 aromatic rings. The molecular formula is C20H28F3NO4. The maximum Gasteiger partial charge on any atom is 0.491 e. The van der Waals surface area contributed by atoms with Gasteiger partial charge >= 0.3 is 18.1 Å². The molecule has 28 heavy (non-hydrogen) atoms. The fraction of sp³-hybridized carbons (Fsp3) is 0.600. The second kappa shape index (κ2) is 13.1. The maximum absolute atomic E-state index is 11.9. The summed E-state index contributed by atoms with van der Waals surface area (Å²) < 4.78 is 45.2. The van der Waals surface area contributed by atoms with Gasteiger partial charge in [-0.3, -0.25) is 4.79 Å². The summed E-state index contributed by atoms with van der Waals surface area (Å²) in [5, 5.41) is 2.93. The number of rotatable bonds is 13. The Labute approximate surface area is 163 Å². The molecule has 0 aromatic heterocycles. The molecule has 0 aliphatic rings. The van der Waals surface area contributed by atoms with E-state index in [4.69, 9.17) is 4.74 Å². The first-order valence-electron chi connectivity index (χ1n) is 9.57. The molecule has 1 N–H and O–H groups in total. The van der Waals surface area contributed by atoms with E-state index in [2.05, 4.69) is 17.0 Å². The molecule has 0 aliphatic heterocycles. The van der Waals surface area contributed by atoms with Crippen LogP contribution in [0.3, 0.4) is 0 Å². The summed E-state index contributed by atoms with van der Waals surface area (Å²) in [6.07, 6.45) is 1.16. The molecule has 0 heterocycles. The number of esters is 2. The van der Waals surface area contributed by atoms with E-state index in [1.54, 1.807) is 0 Å². The summed E-state index contributed by atoms with van der Waals surface area (Å²) in [7, 11) is 0. The molecule has 0 fully saturated rings. The number of carbonyl (C=O) groups is 2. The Morgan fingerprint density at radius 2 is 1.68 bits per heavy atom. The van der Waals surface area contributed by atoms with Crippen molar-refractivity contribution in [3.8, 4) is 5.75 Å². The smallest absolute Gasteiger partial charge is 0.491 e. The fourth-order valence-electron chi connectivity index (χ4n) is 2.41. The van der Waals surface area contributed by atoms with Crippen LogP contribution in [0.5, 0.6) is 5.75 Å². The summed E-state index contributed by atoms with van der Waals surface area (Å²) in [4.78, 5) is 21.6. The molecule has 1 rings (SSSR count). The van der Waals surface area contributed by atoms with Crippen molar-refractivity contribution in [1.29, 1.82) is 0 Å². The van der Waals surface area contributed by atoms with E-state index in [1.807, 2.05) is 24.3 Å². The Bertz CT molecular complexity index is 588. The van der Waals surface area contributed by atoms with Crippen LogP contribution < -0.4 is 10.1 Å². The van der Waals surface area contributed by atoms with Gasteiger partial charge in [0.1, 0.15) is 5.75 Å². The predicted octanol–water partition coefficient (Wildman–Crippen LogP) is 4.19. The van der Waals surface area contributed by atoms with Crippen LogP contribution >= 0.6 is 0 Å². The Hall–Kier alpha value is -2.09. The van der Waals surface area contributed by atoms with Crippen LogP contribution in [0.15, 0.2) is 24.3 Å². The first kappa shape index (κ1) is 23.9. The van der Waals surface area contributed by atoms with Crippen molar-refractivity contribution in [2.45, 2.75) is 58.0 Å². The highest BCUT2D eigenvalue weighted by Crippen LogP contribution is 2.16. The summed E-state index contributed by atoms with van der Waals surface area (Å²) in [6, 6.07) is 7.71. The standard InChI is InChI=1S/C20H28F3NO4/c1-2-3-4-5-6-15-27-17-9-7-16(8-10-17)11-13-24-14-12-18(25)28-19(26)20(21,22)23/h7-10,24H,2-6,11-15H2,1H3. The molecule has 8 heteroatoms. The predicted molar refractivity (Wildman–Crippen MR) is 99.0 cm³/mol. The lowest BCUT2D eigenvalue weighted by Gasteiger charge is -2.08. The molecule has 0 atom stereocenters. The van der Waals surface area contributed by atoms with Gasteiger partial charge in [-0.25, -0.2) is 4.79 Å². The van der Waals surface area contributed by atoms with Gasteiger partial charge < -0.3 is 14.8 Å². The van der Waals surface area contributed by atoms with E-state index in [9.17, 15) is 22.8 Å². The third-order valence-corrected chi connectivity index (χ3v) is 3.97. The van der Waals surface area contributed by atoms with E-state index in [0.29, 0.717) is 19.6 Å². The summed E-state index contributed by atoms with van der Waals surface area (Å²) >= 11 is 0. The zero-order valence-electron chi connectivity index (χ0n) is 16.1. The lowest BCUT2D eigenvalue weighted by molar-refractivity contribution is -0.201. The molecule has 0 unspecified atom stereocenters. The largest absolute Gasteiger partial charge is 0.494 e. The summed E-state index contributed by atoms with van der Waals surface area (Å²) in [5.41, 5.74) is 1.07. The summed E-state index contributed by atoms with van der Waals surface area (Å²) in [5.74, 6) is -2.86. The van der Waals surface area contributed by atoms with Crippen molar-refractivity contribution < 1.29 is 32.2 Å². The van der Waals surface area contributed by atoms with Gasteiger partial charge in [0.25, 0.3) is 0 Å². The van der Waals surface area contributed by atoms with Crippen LogP contribution in [-0.4, -0.2) is 37.8 Å². The SMILES string of the molecule is CCCCCCCOc1ccc(CCNCCC(=O)OC(=O)C(F)(F)F)cc1. The van der Waals surface area contributed by atoms with Crippen molar-refractivity contribution in [3.05, 3.63) is 29.8 Å². The van der Waals surface area contributed by atoms with Crippen molar-refractivity contribution in [3.63, 3.8) is 0 Å². The molecule has 1 aromatic carbocycles. The molecular weight excluding hydrogens is 375 g/mol. The minimum Gasteiger partial charge on any atom is -0.494 e. The second-order valence-electron chi connectivity index (χ2n) is 6.42. The molecule has 158 valence electrons. The van der Waals surface area contributed by atoms with Gasteiger partial charge in [0.2, 0.25) is 0 Å². The van der Waals surface area contributed by atoms with Crippen molar-refractivity contribution in [2.75, 3.05) is 19.7 Å². The van der Waals surface area contributed by atoms with E-state index in [1.165, 1.54) is 25.7 Å². The number of unbranched alkanes of at least 4 members (excludes halogenated alkanes) is 4. The van der Waals surface area contributed by atoms with Crippen molar-refractivity contribution in [1.82, 2.24) is 5.32 Å². The Morgan fingerprint density at radius 3 is 2.32 bits per heavy atom. The van der Waals surface area contributed by atoms with Crippen LogP contribution in [-0.2, 0) is 20.7 Å². The second-order valence-corrected chi connectivity index (χ2v) is 6.42. The van der Waals surface area contributed by atoms with Gasteiger partial charge in [0, 0.05) is 6.54 Å². The third-order valence-electron chi connectivity index (χ3n) is 3.97. The van der Waals surface area contributed by atoms with Gasteiger partial charge in [-0.05, 0) is 37.1 Å². The van der Waals surface area contributed by atoms with E-state index < -0.39 is 18.1 Å². The first-order valence-corrected chi connectivity index (χ1v) is 9.57. The minimum atomic E-state index is -5.16. The van der Waals surface area contributed by atoms with Gasteiger partial charge in [0.05, 0.1) is 13.0 Å². The zero-order valence-corrected chi connectivity index (χ0v) is 16.1. The number of alkyl halides is 3. The Balaban J connectivity index is 2.12. The van der Waals surface area contributed by atoms with Crippen LogP contribution in [0.2, 0.25) is 0 Å². The van der Waals surface area contributed by atoms with E-state index >= 15 is 0 Å². The summed E-state index contributed by atoms with van der Waals surface area (Å²) in [6.45, 7) is 3.56. The third kappa shape index (κ3) is 10.9. The highest BCUT2D eigenvalue weighted by molar-refractivity contribution is 5.88. The lowest BCUT2D eigenvalue weighted by atomic mass is 10.1. The zero-order chi connectivity index (χ0) is 20.8. The monoisotopic (exact) mass is 403 g/mol. The van der Waals surface area contributed by atoms with Crippen LogP contribution in [0.25, 0.3) is 0 Å². The Kier molecular flexibility index (Phi) is 11.2. The van der Waals surface area contributed by atoms with Gasteiger partial charge in [0.15, 0.2) is 0 Å². The number of nitrogens with one attached hydrogen (secondary N) is 1. The molecule has 0 radical (unpaired) electrons. The van der Waals surface area contributed by atoms with Gasteiger partial charge in [-0.1, -0.05) is 44.7 Å². The fourth-order valence-corrected chi connectivity index (χ4v) is 2.41. The van der Waals surface area contributed by atoms with E-state index in [-0.39, 0.29) is 13.0 Å². The molecule has 5 nitrogen and oxygen atoms in total. The molecule has 0 aliphatic carbocycles. The average Bonchev–Trinajstić information content (AvgIpc) is 2.64.